The highest BCUT2D eigenvalue weighted by Gasteiger charge is 2.12. The van der Waals surface area contributed by atoms with Crippen LogP contribution in [0.15, 0.2) is 33.9 Å². The van der Waals surface area contributed by atoms with E-state index in [1.54, 1.807) is 6.07 Å². The van der Waals surface area contributed by atoms with Gasteiger partial charge < -0.3 is 4.74 Å². The fraction of sp³-hybridized carbons (Fsp3) is 0.154. The lowest BCUT2D eigenvalue weighted by Crippen LogP contribution is -2.24. The smallest absolute Gasteiger partial charge is 0.349 e. The number of fused-ring (bicyclic) bond motifs is 2. The molecule has 0 saturated carbocycles. The van der Waals surface area contributed by atoms with Crippen molar-refractivity contribution in [1.29, 1.82) is 0 Å². The van der Waals surface area contributed by atoms with E-state index in [4.69, 9.17) is 4.74 Å². The standard InChI is InChI=1S/C13H10N2O3S/c1-2-18-8-4-3-7-5-9-11(16)14-13(17)15-12(9)19-10(7)6-8/h3-6H,2H2,1H3,(H,14,16,17). The van der Waals surface area contributed by atoms with Crippen LogP contribution in [-0.4, -0.2) is 16.6 Å². The number of hydrogen-bond acceptors (Lipinski definition) is 5. The highest BCUT2D eigenvalue weighted by molar-refractivity contribution is 7.21. The van der Waals surface area contributed by atoms with E-state index in [0.29, 0.717) is 17.2 Å². The van der Waals surface area contributed by atoms with Crippen molar-refractivity contribution in [1.82, 2.24) is 9.97 Å². The van der Waals surface area contributed by atoms with E-state index in [1.807, 2.05) is 25.1 Å². The van der Waals surface area contributed by atoms with Gasteiger partial charge in [0.05, 0.1) is 12.2 Å². The van der Waals surface area contributed by atoms with Crippen LogP contribution in [0.1, 0.15) is 6.92 Å². The molecule has 0 aromatic heterocycles. The van der Waals surface area contributed by atoms with Gasteiger partial charge in [0.25, 0.3) is 5.56 Å². The van der Waals surface area contributed by atoms with E-state index in [2.05, 4.69) is 9.97 Å². The van der Waals surface area contributed by atoms with Crippen LogP contribution < -0.4 is 16.0 Å². The number of H-pyrrole nitrogens is 1. The van der Waals surface area contributed by atoms with Crippen molar-refractivity contribution >= 4 is 21.4 Å². The van der Waals surface area contributed by atoms with E-state index in [1.165, 1.54) is 11.3 Å². The summed E-state index contributed by atoms with van der Waals surface area (Å²) in [7, 11) is 0. The Morgan fingerprint density at radius 1 is 1.32 bits per heavy atom. The van der Waals surface area contributed by atoms with Gasteiger partial charge in [0.15, 0.2) is 0 Å². The molecule has 2 aliphatic rings. The normalized spacial score (nSPS) is 11.0. The Bertz CT molecular complexity index is 837. The average molecular weight is 274 g/mol. The lowest BCUT2D eigenvalue weighted by Gasteiger charge is -2.07. The first-order chi connectivity index (χ1) is 9.17. The van der Waals surface area contributed by atoms with Crippen molar-refractivity contribution in [2.75, 3.05) is 6.61 Å². The Hall–Kier alpha value is -2.21. The summed E-state index contributed by atoms with van der Waals surface area (Å²) >= 11 is 1.31. The second-order valence-corrected chi connectivity index (χ2v) is 5.00. The maximum atomic E-state index is 11.7. The molecule has 5 nitrogen and oxygen atoms in total. The Kier molecular flexibility index (Phi) is 2.79. The number of nitrogens with zero attached hydrogens (tertiary/aromatic N) is 1. The van der Waals surface area contributed by atoms with Crippen molar-refractivity contribution in [3.05, 3.63) is 45.1 Å². The number of hydrogen-bond donors (Lipinski definition) is 1. The zero-order valence-electron chi connectivity index (χ0n) is 10.1. The maximum Gasteiger partial charge on any atom is 0.349 e. The van der Waals surface area contributed by atoms with Crippen molar-refractivity contribution in [3.63, 3.8) is 0 Å². The van der Waals surface area contributed by atoms with Gasteiger partial charge in [-0.25, -0.2) is 4.79 Å². The van der Waals surface area contributed by atoms with Gasteiger partial charge in [-0.05, 0) is 36.6 Å². The zero-order chi connectivity index (χ0) is 13.4. The van der Waals surface area contributed by atoms with Crippen molar-refractivity contribution < 1.29 is 4.74 Å². The number of benzene rings is 1. The van der Waals surface area contributed by atoms with E-state index in [-0.39, 0.29) is 0 Å². The summed E-state index contributed by atoms with van der Waals surface area (Å²) in [4.78, 5) is 28.9. The molecule has 6 heteroatoms. The molecule has 0 aliphatic carbocycles. The molecule has 19 heavy (non-hydrogen) atoms. The SMILES string of the molecule is CCOc1ccc2cc3c(=O)[nH]c(=O)nc-3sc2c1. The Morgan fingerprint density at radius 2 is 2.16 bits per heavy atom. The van der Waals surface area contributed by atoms with Crippen molar-refractivity contribution in [2.45, 2.75) is 6.92 Å². The van der Waals surface area contributed by atoms with E-state index in [0.717, 1.165) is 15.8 Å². The van der Waals surface area contributed by atoms with Gasteiger partial charge in [-0.15, -0.1) is 11.3 Å². The maximum absolute atomic E-state index is 11.7. The molecule has 0 bridgehead atoms. The summed E-state index contributed by atoms with van der Waals surface area (Å²) in [6.45, 7) is 2.51. The van der Waals surface area contributed by atoms with Crippen LogP contribution in [0.5, 0.6) is 5.75 Å². The minimum Gasteiger partial charge on any atom is -0.494 e. The van der Waals surface area contributed by atoms with Crippen molar-refractivity contribution in [2.24, 2.45) is 0 Å². The quantitative estimate of drug-likeness (QED) is 0.724. The van der Waals surface area contributed by atoms with Crippen LogP contribution in [0.2, 0.25) is 0 Å². The van der Waals surface area contributed by atoms with Crippen LogP contribution in [0, 0.1) is 0 Å². The molecule has 0 radical (unpaired) electrons. The third-order valence-corrected chi connectivity index (χ3v) is 3.78. The molecule has 0 fully saturated rings. The summed E-state index contributed by atoms with van der Waals surface area (Å²) in [5.74, 6) is 0.762. The number of ether oxygens (including phenoxy) is 1. The van der Waals surface area contributed by atoms with Crippen molar-refractivity contribution in [3.8, 4) is 16.3 Å². The summed E-state index contributed by atoms with van der Waals surface area (Å²) in [5, 5.41) is 1.36. The van der Waals surface area contributed by atoms with Crippen LogP contribution in [0.4, 0.5) is 0 Å². The number of rotatable bonds is 2. The summed E-state index contributed by atoms with van der Waals surface area (Å²) in [6, 6.07) is 7.37. The van der Waals surface area contributed by atoms with Gasteiger partial charge in [0.1, 0.15) is 10.8 Å². The second-order valence-electron chi connectivity index (χ2n) is 3.97. The number of nitrogens with one attached hydrogen (secondary N) is 1. The molecule has 1 aromatic carbocycles. The second kappa shape index (κ2) is 4.47. The molecule has 1 N–H and O–H groups in total. The highest BCUT2D eigenvalue weighted by Crippen LogP contribution is 2.31. The Morgan fingerprint density at radius 3 is 2.95 bits per heavy atom. The predicted octanol–water partition coefficient (Wildman–Crippen LogP) is 1.85. The topological polar surface area (TPSA) is 72.1 Å². The van der Waals surface area contributed by atoms with Gasteiger partial charge >= 0.3 is 5.69 Å². The molecule has 3 rings (SSSR count). The first-order valence-electron chi connectivity index (χ1n) is 5.78. The highest BCUT2D eigenvalue weighted by atomic mass is 32.1. The third-order valence-electron chi connectivity index (χ3n) is 2.70. The van der Waals surface area contributed by atoms with Gasteiger partial charge in [0.2, 0.25) is 0 Å². The first-order valence-corrected chi connectivity index (χ1v) is 6.60. The van der Waals surface area contributed by atoms with Crippen LogP contribution in [0.25, 0.3) is 20.7 Å². The van der Waals surface area contributed by atoms with Crippen LogP contribution in [0.3, 0.4) is 0 Å². The molecule has 0 amide bonds. The minimum atomic E-state index is -0.617. The zero-order valence-corrected chi connectivity index (χ0v) is 10.9. The van der Waals surface area contributed by atoms with E-state index >= 15 is 0 Å². The molecule has 0 unspecified atom stereocenters. The van der Waals surface area contributed by atoms with E-state index < -0.39 is 11.2 Å². The molecular weight excluding hydrogens is 264 g/mol. The molecule has 1 aromatic rings. The fourth-order valence-corrected chi connectivity index (χ4v) is 2.90. The predicted molar refractivity (Wildman–Crippen MR) is 74.3 cm³/mol. The van der Waals surface area contributed by atoms with Gasteiger partial charge in [-0.2, -0.15) is 4.98 Å². The molecule has 2 heterocycles. The van der Waals surface area contributed by atoms with Gasteiger partial charge in [0, 0.05) is 4.70 Å². The van der Waals surface area contributed by atoms with Gasteiger partial charge in [-0.1, -0.05) is 0 Å². The lowest BCUT2D eigenvalue weighted by atomic mass is 10.2. The van der Waals surface area contributed by atoms with Crippen LogP contribution >= 0.6 is 11.3 Å². The minimum absolute atomic E-state index is 0.401. The molecule has 96 valence electrons. The van der Waals surface area contributed by atoms with Crippen LogP contribution in [-0.2, 0) is 0 Å². The lowest BCUT2D eigenvalue weighted by molar-refractivity contribution is 0.341. The Balaban J connectivity index is 2.33. The fourth-order valence-electron chi connectivity index (χ4n) is 1.89. The molecular formula is C13H10N2O3S. The Labute approximate surface area is 111 Å². The number of aromatic nitrogens is 2. The molecule has 0 saturated heterocycles. The van der Waals surface area contributed by atoms with E-state index in [9.17, 15) is 9.59 Å². The molecule has 0 atom stereocenters. The molecule has 2 aliphatic heterocycles. The average Bonchev–Trinajstić information content (AvgIpc) is 2.37. The summed E-state index contributed by atoms with van der Waals surface area (Å²) < 4.78 is 6.36. The van der Waals surface area contributed by atoms with Gasteiger partial charge in [-0.3, -0.25) is 9.78 Å². The summed E-state index contributed by atoms with van der Waals surface area (Å²) in [5.41, 5.74) is -0.586. The summed E-state index contributed by atoms with van der Waals surface area (Å²) in [6.07, 6.45) is 0. The first kappa shape index (κ1) is 11.9. The monoisotopic (exact) mass is 274 g/mol. The largest absolute Gasteiger partial charge is 0.494 e. The third kappa shape index (κ3) is 2.10. The molecule has 0 spiro atoms. The number of aromatic amines is 1.